The van der Waals surface area contributed by atoms with Crippen LogP contribution < -0.4 is 5.32 Å². The van der Waals surface area contributed by atoms with Crippen molar-refractivity contribution in [3.05, 3.63) is 58.3 Å². The van der Waals surface area contributed by atoms with Crippen molar-refractivity contribution < 1.29 is 14.0 Å². The molecule has 1 saturated heterocycles. The third kappa shape index (κ3) is 4.48. The Morgan fingerprint density at radius 2 is 2.00 bits per heavy atom. The van der Waals surface area contributed by atoms with E-state index in [2.05, 4.69) is 10.3 Å². The predicted molar refractivity (Wildman–Crippen MR) is 112 cm³/mol. The third-order valence-corrected chi connectivity index (χ3v) is 6.00. The van der Waals surface area contributed by atoms with Crippen LogP contribution in [0.4, 0.5) is 15.8 Å². The number of carbonyl (C=O) groups excluding carboxylic acids is 2. The van der Waals surface area contributed by atoms with Gasteiger partial charge in [-0.2, -0.15) is 0 Å². The summed E-state index contributed by atoms with van der Waals surface area (Å²) < 4.78 is 13.9. The van der Waals surface area contributed by atoms with E-state index in [9.17, 15) is 14.0 Å². The number of anilines is 1. The maximum absolute atomic E-state index is 13.9. The second kappa shape index (κ2) is 8.94. The first-order valence-corrected chi connectivity index (χ1v) is 10.1. The van der Waals surface area contributed by atoms with Crippen LogP contribution in [-0.2, 0) is 9.59 Å². The maximum atomic E-state index is 13.9. The molecule has 1 fully saturated rings. The Bertz CT molecular complexity index is 955. The zero-order valence-corrected chi connectivity index (χ0v) is 17.1. The van der Waals surface area contributed by atoms with Crippen LogP contribution in [0.5, 0.6) is 0 Å². The van der Waals surface area contributed by atoms with Crippen molar-refractivity contribution in [3.8, 4) is 0 Å². The molecule has 146 valence electrons. The van der Waals surface area contributed by atoms with Gasteiger partial charge in [-0.05, 0) is 31.2 Å². The summed E-state index contributed by atoms with van der Waals surface area (Å²) in [4.78, 5) is 30.7. The average Bonchev–Trinajstić information content (AvgIpc) is 2.95. The average molecular weight is 440 g/mol. The summed E-state index contributed by atoms with van der Waals surface area (Å²) in [7, 11) is 0. The smallest absolute Gasteiger partial charge is 0.242 e. The topological polar surface area (TPSA) is 61.8 Å². The molecule has 1 unspecified atom stereocenters. The molecule has 0 aromatic heterocycles. The minimum atomic E-state index is -0.650. The summed E-state index contributed by atoms with van der Waals surface area (Å²) >= 11 is 13.2. The van der Waals surface area contributed by atoms with Gasteiger partial charge in [0.25, 0.3) is 0 Å². The van der Waals surface area contributed by atoms with Gasteiger partial charge in [0, 0.05) is 13.0 Å². The Morgan fingerprint density at radius 3 is 2.71 bits per heavy atom. The van der Waals surface area contributed by atoms with Crippen molar-refractivity contribution in [2.24, 2.45) is 4.99 Å². The molecule has 0 spiro atoms. The van der Waals surface area contributed by atoms with E-state index >= 15 is 0 Å². The predicted octanol–water partition coefficient (Wildman–Crippen LogP) is 5.11. The van der Waals surface area contributed by atoms with Gasteiger partial charge < -0.3 is 5.32 Å². The first-order chi connectivity index (χ1) is 13.4. The minimum Gasteiger partial charge on any atom is -0.325 e. The zero-order chi connectivity index (χ0) is 20.3. The van der Waals surface area contributed by atoms with Gasteiger partial charge in [0.1, 0.15) is 16.8 Å². The van der Waals surface area contributed by atoms with Gasteiger partial charge in [0.15, 0.2) is 5.17 Å². The second-order valence-electron chi connectivity index (χ2n) is 5.89. The normalized spacial score (nSPS) is 18.0. The molecule has 5 nitrogen and oxygen atoms in total. The number of nitrogens with zero attached hydrogens (tertiary/aromatic N) is 2. The molecule has 0 bridgehead atoms. The van der Waals surface area contributed by atoms with Crippen LogP contribution in [0.25, 0.3) is 0 Å². The number of amidine groups is 1. The van der Waals surface area contributed by atoms with E-state index in [1.807, 2.05) is 0 Å². The number of carbonyl (C=O) groups is 2. The minimum absolute atomic E-state index is 0.0703. The first kappa shape index (κ1) is 20.6. The van der Waals surface area contributed by atoms with Crippen LogP contribution in [-0.4, -0.2) is 33.7 Å². The lowest BCUT2D eigenvalue weighted by Gasteiger charge is -2.13. The van der Waals surface area contributed by atoms with Crippen LogP contribution in [0, 0.1) is 5.82 Å². The number of benzene rings is 2. The van der Waals surface area contributed by atoms with E-state index in [-0.39, 0.29) is 28.9 Å². The van der Waals surface area contributed by atoms with Gasteiger partial charge in [0.05, 0.1) is 15.7 Å². The summed E-state index contributed by atoms with van der Waals surface area (Å²) in [6.07, 6.45) is -0.0703. The summed E-state index contributed by atoms with van der Waals surface area (Å²) in [5.41, 5.74) is 0.522. The largest absolute Gasteiger partial charge is 0.325 e. The molecule has 2 amide bonds. The summed E-state index contributed by atoms with van der Waals surface area (Å²) in [6.45, 7) is 2.17. The van der Waals surface area contributed by atoms with Crippen molar-refractivity contribution in [1.82, 2.24) is 4.90 Å². The Kier molecular flexibility index (Phi) is 6.59. The number of nitrogens with one attached hydrogen (secondary N) is 1. The van der Waals surface area contributed by atoms with Crippen LogP contribution in [0.2, 0.25) is 10.0 Å². The Hall–Kier alpha value is -2.09. The van der Waals surface area contributed by atoms with Crippen molar-refractivity contribution in [3.63, 3.8) is 0 Å². The molecule has 1 aliphatic rings. The summed E-state index contributed by atoms with van der Waals surface area (Å²) in [5, 5.41) is 2.95. The molecule has 28 heavy (non-hydrogen) atoms. The highest BCUT2D eigenvalue weighted by Crippen LogP contribution is 2.33. The SMILES string of the molecule is CCN1C(=O)C(CC(=O)Nc2cccc(Cl)c2Cl)SC1=Nc1ccccc1F. The van der Waals surface area contributed by atoms with Crippen LogP contribution >= 0.6 is 35.0 Å². The Balaban J connectivity index is 1.74. The van der Waals surface area contributed by atoms with E-state index < -0.39 is 11.1 Å². The Labute approximate surface area is 175 Å². The number of aliphatic imine (C=N–C) groups is 1. The molecule has 0 radical (unpaired) electrons. The molecular formula is C19H16Cl2FN3O2S. The van der Waals surface area contributed by atoms with Crippen molar-refractivity contribution in [1.29, 1.82) is 0 Å². The second-order valence-corrected chi connectivity index (χ2v) is 7.84. The number of thioether (sulfide) groups is 1. The number of halogens is 3. The van der Waals surface area contributed by atoms with Gasteiger partial charge in [-0.3, -0.25) is 14.5 Å². The van der Waals surface area contributed by atoms with Crippen molar-refractivity contribution in [2.75, 3.05) is 11.9 Å². The fourth-order valence-corrected chi connectivity index (χ4v) is 4.19. The molecule has 0 aliphatic carbocycles. The fraction of sp³-hybridized carbons (Fsp3) is 0.211. The number of hydrogen-bond donors (Lipinski definition) is 1. The van der Waals surface area contributed by atoms with Gasteiger partial charge in [-0.1, -0.05) is 53.2 Å². The highest BCUT2D eigenvalue weighted by molar-refractivity contribution is 8.15. The first-order valence-electron chi connectivity index (χ1n) is 8.45. The number of amides is 2. The molecule has 3 rings (SSSR count). The monoisotopic (exact) mass is 439 g/mol. The van der Waals surface area contributed by atoms with Crippen LogP contribution in [0.15, 0.2) is 47.5 Å². The van der Waals surface area contributed by atoms with E-state index in [0.29, 0.717) is 22.4 Å². The highest BCUT2D eigenvalue weighted by atomic mass is 35.5. The van der Waals surface area contributed by atoms with Gasteiger partial charge in [-0.25, -0.2) is 9.38 Å². The van der Waals surface area contributed by atoms with E-state index in [4.69, 9.17) is 23.2 Å². The van der Waals surface area contributed by atoms with Crippen LogP contribution in [0.1, 0.15) is 13.3 Å². The third-order valence-electron chi connectivity index (χ3n) is 4.00. The van der Waals surface area contributed by atoms with Crippen molar-refractivity contribution >= 4 is 63.3 Å². The van der Waals surface area contributed by atoms with E-state index in [1.165, 1.54) is 17.0 Å². The lowest BCUT2D eigenvalue weighted by molar-refractivity contribution is -0.128. The number of rotatable bonds is 5. The summed E-state index contributed by atoms with van der Waals surface area (Å²) in [5.74, 6) is -1.09. The Morgan fingerprint density at radius 1 is 1.25 bits per heavy atom. The molecule has 1 N–H and O–H groups in total. The number of hydrogen-bond acceptors (Lipinski definition) is 4. The zero-order valence-electron chi connectivity index (χ0n) is 14.8. The highest BCUT2D eigenvalue weighted by Gasteiger charge is 2.38. The standard InChI is InChI=1S/C19H16Cl2FN3O2S/c1-2-25-18(27)15(28-19(25)24-13-8-4-3-7-12(13)22)10-16(26)23-14-9-5-6-11(20)17(14)21/h3-9,15H,2,10H2,1H3,(H,23,26). The molecule has 2 aromatic carbocycles. The maximum Gasteiger partial charge on any atom is 0.242 e. The van der Waals surface area contributed by atoms with Gasteiger partial charge in [0.2, 0.25) is 11.8 Å². The van der Waals surface area contributed by atoms with Crippen molar-refractivity contribution in [2.45, 2.75) is 18.6 Å². The lowest BCUT2D eigenvalue weighted by Crippen LogP contribution is -2.33. The molecule has 1 atom stereocenters. The van der Waals surface area contributed by atoms with Gasteiger partial charge >= 0.3 is 0 Å². The number of para-hydroxylation sites is 1. The van der Waals surface area contributed by atoms with E-state index in [1.54, 1.807) is 37.3 Å². The molecule has 2 aromatic rings. The summed E-state index contributed by atoms with van der Waals surface area (Å²) in [6, 6.07) is 11.0. The molecule has 9 heteroatoms. The molecule has 1 heterocycles. The molecule has 1 aliphatic heterocycles. The van der Waals surface area contributed by atoms with E-state index in [0.717, 1.165) is 11.8 Å². The van der Waals surface area contributed by atoms with Gasteiger partial charge in [-0.15, -0.1) is 0 Å². The lowest BCUT2D eigenvalue weighted by atomic mass is 10.2. The quantitative estimate of drug-likeness (QED) is 0.703. The van der Waals surface area contributed by atoms with Crippen LogP contribution in [0.3, 0.4) is 0 Å². The molecule has 0 saturated carbocycles. The fourth-order valence-electron chi connectivity index (χ4n) is 2.63. The molecular weight excluding hydrogens is 424 g/mol.